The van der Waals surface area contributed by atoms with Gasteiger partial charge in [0.15, 0.2) is 11.6 Å². The summed E-state index contributed by atoms with van der Waals surface area (Å²) in [5.74, 6) is 0.352. The van der Waals surface area contributed by atoms with Crippen LogP contribution in [-0.4, -0.2) is 27.3 Å². The molecule has 5 aromatic rings. The molecule has 4 nitrogen and oxygen atoms in total. The second-order valence-electron chi connectivity index (χ2n) is 16.2. The highest BCUT2D eigenvalue weighted by molar-refractivity contribution is 14.1. The zero-order chi connectivity index (χ0) is 36.1. The zero-order valence-corrected chi connectivity index (χ0v) is 32.5. The number of allylic oxidation sites excluding steroid dienone is 2. The number of halogens is 1. The number of hydrogen-bond donors (Lipinski definition) is 0. The molecule has 5 aliphatic carbocycles. The van der Waals surface area contributed by atoms with Gasteiger partial charge in [0, 0.05) is 40.2 Å². The lowest BCUT2D eigenvalue weighted by atomic mass is 9.63. The van der Waals surface area contributed by atoms with Crippen molar-refractivity contribution < 1.29 is 9.59 Å². The van der Waals surface area contributed by atoms with Gasteiger partial charge in [-0.05, 0) is 167 Å². The van der Waals surface area contributed by atoms with Crippen LogP contribution in [0.4, 0.5) is 0 Å². The lowest BCUT2D eigenvalue weighted by Crippen LogP contribution is -2.35. The van der Waals surface area contributed by atoms with Crippen molar-refractivity contribution in [1.29, 1.82) is 0 Å². The maximum Gasteiger partial charge on any atom is 0.193 e. The van der Waals surface area contributed by atoms with Crippen LogP contribution in [0.15, 0.2) is 60.7 Å². The van der Waals surface area contributed by atoms with Gasteiger partial charge in [0.1, 0.15) is 5.52 Å². The summed E-state index contributed by atoms with van der Waals surface area (Å²) in [4.78, 5) is 38.2. The second kappa shape index (κ2) is 12.3. The van der Waals surface area contributed by atoms with E-state index < -0.39 is 10.8 Å². The lowest BCUT2D eigenvalue weighted by Gasteiger charge is -2.38. The molecular weight excluding hydrogens is 762 g/mol. The summed E-state index contributed by atoms with van der Waals surface area (Å²) in [6.07, 6.45) is 18.6. The number of pyridine rings is 2. The number of fused-ring (bicyclic) bond motifs is 12. The first-order valence-electron chi connectivity index (χ1n) is 19.4. The molecule has 5 aliphatic rings. The summed E-state index contributed by atoms with van der Waals surface area (Å²) < 4.78 is 0.126. The SMILES string of the molecule is BC(=O)CC1(CCC2(CC(=O)I)c3cc4ccc#cc4nc3-c3c2ccc2c3C=CCC2)c2cc3c(nc2-c2c1ccc1c2CCCC1)C=CCC3C. The summed E-state index contributed by atoms with van der Waals surface area (Å²) >= 11 is 2.01. The number of benzene rings is 2. The van der Waals surface area contributed by atoms with Crippen LogP contribution in [-0.2, 0) is 39.7 Å². The predicted molar refractivity (Wildman–Crippen MR) is 223 cm³/mol. The molecule has 0 saturated heterocycles. The predicted octanol–water partition coefficient (Wildman–Crippen LogP) is 9.50. The molecule has 0 bridgehead atoms. The van der Waals surface area contributed by atoms with Gasteiger partial charge in [0.25, 0.3) is 0 Å². The summed E-state index contributed by atoms with van der Waals surface area (Å²) in [7, 11) is 1.75. The molecule has 2 aromatic heterocycles. The highest BCUT2D eigenvalue weighted by Gasteiger charge is 2.52. The first-order chi connectivity index (χ1) is 25.8. The van der Waals surface area contributed by atoms with Crippen molar-refractivity contribution >= 4 is 63.0 Å². The fourth-order valence-corrected chi connectivity index (χ4v) is 11.5. The van der Waals surface area contributed by atoms with Crippen molar-refractivity contribution in [2.75, 3.05) is 0 Å². The van der Waals surface area contributed by atoms with Crippen LogP contribution in [0.25, 0.3) is 45.6 Å². The molecular formula is C47H40BIN2O2. The number of hydrogen-bond acceptors (Lipinski definition) is 4. The van der Waals surface area contributed by atoms with Gasteiger partial charge in [-0.15, -0.1) is 0 Å². The minimum atomic E-state index is -0.622. The molecule has 0 saturated carbocycles. The average molecular weight is 803 g/mol. The van der Waals surface area contributed by atoms with E-state index in [9.17, 15) is 9.59 Å². The Labute approximate surface area is 326 Å². The molecule has 10 rings (SSSR count). The molecule has 3 unspecified atom stereocenters. The molecule has 0 spiro atoms. The number of rotatable bonds is 7. The van der Waals surface area contributed by atoms with E-state index in [0.717, 1.165) is 71.2 Å². The molecule has 0 amide bonds. The van der Waals surface area contributed by atoms with E-state index in [-0.39, 0.29) is 9.47 Å². The zero-order valence-electron chi connectivity index (χ0n) is 30.4. The smallest absolute Gasteiger partial charge is 0.193 e. The molecule has 0 fully saturated rings. The monoisotopic (exact) mass is 802 g/mol. The molecule has 0 radical (unpaired) electrons. The maximum atomic E-state index is 13.7. The van der Waals surface area contributed by atoms with Crippen molar-refractivity contribution in [2.24, 2.45) is 0 Å². The molecule has 6 heteroatoms. The molecule has 53 heavy (non-hydrogen) atoms. The first kappa shape index (κ1) is 33.2. The second-order valence-corrected chi connectivity index (χ2v) is 17.4. The number of carbonyl (C=O) groups is 2. The number of aromatic nitrogens is 2. The van der Waals surface area contributed by atoms with Crippen LogP contribution in [0.5, 0.6) is 0 Å². The highest BCUT2D eigenvalue weighted by Crippen LogP contribution is 2.61. The van der Waals surface area contributed by atoms with Gasteiger partial charge in [-0.25, -0.2) is 9.97 Å². The van der Waals surface area contributed by atoms with Gasteiger partial charge in [-0.1, -0.05) is 61.5 Å². The van der Waals surface area contributed by atoms with Crippen molar-refractivity contribution in [3.05, 3.63) is 129 Å². The lowest BCUT2D eigenvalue weighted by molar-refractivity contribution is -0.113. The number of aryl methyl sites for hydroxylation is 2. The largest absolute Gasteiger partial charge is 0.312 e. The van der Waals surface area contributed by atoms with Crippen LogP contribution in [0.3, 0.4) is 0 Å². The van der Waals surface area contributed by atoms with E-state index in [1.54, 1.807) is 7.85 Å². The van der Waals surface area contributed by atoms with E-state index in [0.29, 0.717) is 31.6 Å². The Kier molecular flexibility index (Phi) is 7.74. The Morgan fingerprint density at radius 1 is 0.849 bits per heavy atom. The summed E-state index contributed by atoms with van der Waals surface area (Å²) in [5.41, 5.74) is 16.7. The first-order valence-corrected chi connectivity index (χ1v) is 20.5. The minimum Gasteiger partial charge on any atom is -0.312 e. The Balaban J connectivity index is 1.23. The van der Waals surface area contributed by atoms with Gasteiger partial charge in [-0.3, -0.25) is 4.79 Å². The highest BCUT2D eigenvalue weighted by atomic mass is 127. The molecule has 0 N–H and O–H groups in total. The van der Waals surface area contributed by atoms with E-state index in [1.165, 1.54) is 62.9 Å². The molecule has 3 aromatic carbocycles. The van der Waals surface area contributed by atoms with Crippen molar-refractivity contribution in [3.63, 3.8) is 0 Å². The molecule has 0 aliphatic heterocycles. The molecule has 260 valence electrons. The van der Waals surface area contributed by atoms with Crippen molar-refractivity contribution in [3.8, 4) is 22.5 Å². The Hall–Kier alpha value is -4.35. The van der Waals surface area contributed by atoms with E-state index in [1.807, 2.05) is 28.7 Å². The fraction of sp³-hybridized carbons (Fsp3) is 0.319. The normalized spacial score (nSPS) is 22.6. The van der Waals surface area contributed by atoms with E-state index >= 15 is 0 Å². The van der Waals surface area contributed by atoms with E-state index in [2.05, 4.69) is 85.8 Å². The van der Waals surface area contributed by atoms with Crippen LogP contribution in [0, 0.1) is 12.1 Å². The minimum absolute atomic E-state index is 0.126. The van der Waals surface area contributed by atoms with Gasteiger partial charge in [0.05, 0.1) is 22.8 Å². The third-order valence-electron chi connectivity index (χ3n) is 13.2. The topological polar surface area (TPSA) is 59.9 Å². The Morgan fingerprint density at radius 3 is 2.43 bits per heavy atom. The van der Waals surface area contributed by atoms with Crippen LogP contribution in [0.2, 0.25) is 0 Å². The van der Waals surface area contributed by atoms with Crippen molar-refractivity contribution in [2.45, 2.75) is 94.3 Å². The Morgan fingerprint density at radius 2 is 1.60 bits per heavy atom. The standard InChI is InChI=1S/C47H40BIN2O2/c1-27-9-8-16-39-33(27)24-37-45(51-39)42-31-13-5-2-10-28(31)17-19-34(42)46(37,25-40(48)52)21-22-47(26-41(49)53)35-20-18-29-11-3-6-14-32(29)43(35)44-36(47)23-30-12-4-7-15-38(30)50-44/h4,6,8,12,14,16-20,23-24,27H,2-3,5,9-11,13,21-22,25-26,48H2,1H3. The average Bonchev–Trinajstić information content (AvgIpc) is 3.58. The van der Waals surface area contributed by atoms with E-state index in [4.69, 9.17) is 9.97 Å². The van der Waals surface area contributed by atoms with Crippen molar-refractivity contribution in [1.82, 2.24) is 9.97 Å². The van der Waals surface area contributed by atoms with Gasteiger partial charge in [0.2, 0.25) is 0 Å². The third kappa shape index (κ3) is 4.95. The Bertz CT molecular complexity index is 2500. The van der Waals surface area contributed by atoms with Crippen LogP contribution < -0.4 is 0 Å². The number of carbonyl (C=O) groups excluding carboxylic acids is 2. The van der Waals surface area contributed by atoms with Gasteiger partial charge < -0.3 is 4.79 Å². The number of nitrogens with zero attached hydrogens (tertiary/aromatic N) is 2. The summed E-state index contributed by atoms with van der Waals surface area (Å²) in [6, 6.07) is 24.3. The maximum absolute atomic E-state index is 13.7. The fourth-order valence-electron chi connectivity index (χ4n) is 10.8. The van der Waals surface area contributed by atoms with Crippen LogP contribution >= 0.6 is 22.6 Å². The summed E-state index contributed by atoms with van der Waals surface area (Å²) in [6.45, 7) is 2.29. The summed E-state index contributed by atoms with van der Waals surface area (Å²) in [5, 5.41) is 1.00. The molecule has 3 atom stereocenters. The van der Waals surface area contributed by atoms with Crippen LogP contribution in [0.1, 0.15) is 120 Å². The third-order valence-corrected chi connectivity index (χ3v) is 13.6. The quantitative estimate of drug-likeness (QED) is 0.0936. The molecule has 2 heterocycles. The van der Waals surface area contributed by atoms with Gasteiger partial charge in [-0.2, -0.15) is 0 Å². The van der Waals surface area contributed by atoms with Gasteiger partial charge >= 0.3 is 0 Å².